The number of furan rings is 1. The van der Waals surface area contributed by atoms with Gasteiger partial charge in [-0.05, 0) is 25.0 Å². The second-order valence-corrected chi connectivity index (χ2v) is 5.15. The number of fused-ring (bicyclic) bond motifs is 1. The van der Waals surface area contributed by atoms with E-state index in [2.05, 4.69) is 12.1 Å². The maximum atomic E-state index is 6.38. The number of rotatable bonds is 1. The van der Waals surface area contributed by atoms with Gasteiger partial charge in [-0.1, -0.05) is 31.0 Å². The van der Waals surface area contributed by atoms with E-state index in [1.165, 1.54) is 18.2 Å². The molecule has 1 fully saturated rings. The third kappa shape index (κ3) is 1.73. The van der Waals surface area contributed by atoms with Gasteiger partial charge in [0, 0.05) is 16.7 Å². The average molecular weight is 235 g/mol. The fourth-order valence-corrected chi connectivity index (χ4v) is 3.00. The molecule has 1 aliphatic carbocycles. The Hall–Kier alpha value is -0.950. The van der Waals surface area contributed by atoms with Gasteiger partial charge in [0.15, 0.2) is 0 Å². The first-order valence-electron chi connectivity index (χ1n) is 5.97. The van der Waals surface area contributed by atoms with Crippen molar-refractivity contribution in [3.63, 3.8) is 0 Å². The third-order valence-corrected chi connectivity index (χ3v) is 4.01. The summed E-state index contributed by atoms with van der Waals surface area (Å²) in [6.45, 7) is 0. The molecule has 0 spiro atoms. The molecule has 2 aromatic rings. The van der Waals surface area contributed by atoms with E-state index in [4.69, 9.17) is 16.0 Å². The molecular weight excluding hydrogens is 220 g/mol. The summed E-state index contributed by atoms with van der Waals surface area (Å²) in [5.41, 5.74) is 0.979. The van der Waals surface area contributed by atoms with E-state index >= 15 is 0 Å². The summed E-state index contributed by atoms with van der Waals surface area (Å²) in [5, 5.41) is 1.43. The first-order chi connectivity index (χ1) is 7.84. The van der Waals surface area contributed by atoms with Crippen molar-refractivity contribution in [3.8, 4) is 0 Å². The maximum absolute atomic E-state index is 6.38. The number of para-hydroxylation sites is 1. The minimum atomic E-state index is 0.245. The summed E-state index contributed by atoms with van der Waals surface area (Å²) in [6.07, 6.45) is 4.80. The molecule has 1 nitrogen and oxygen atoms in total. The van der Waals surface area contributed by atoms with Crippen LogP contribution in [0.4, 0.5) is 0 Å². The Labute approximate surface area is 100 Å². The summed E-state index contributed by atoms with van der Waals surface area (Å²) in [7, 11) is 0. The van der Waals surface area contributed by atoms with Gasteiger partial charge >= 0.3 is 0 Å². The van der Waals surface area contributed by atoms with Gasteiger partial charge in [-0.25, -0.2) is 0 Å². The average Bonchev–Trinajstić information content (AvgIpc) is 2.73. The lowest BCUT2D eigenvalue weighted by molar-refractivity contribution is 0.390. The van der Waals surface area contributed by atoms with Gasteiger partial charge in [-0.15, -0.1) is 11.6 Å². The van der Waals surface area contributed by atoms with Crippen LogP contribution in [0.3, 0.4) is 0 Å². The van der Waals surface area contributed by atoms with Crippen molar-refractivity contribution >= 4 is 22.6 Å². The maximum Gasteiger partial charge on any atom is 0.134 e. The zero-order valence-corrected chi connectivity index (χ0v) is 9.91. The summed E-state index contributed by atoms with van der Waals surface area (Å²) < 4.78 is 5.89. The van der Waals surface area contributed by atoms with Crippen molar-refractivity contribution in [2.24, 2.45) is 0 Å². The molecule has 16 heavy (non-hydrogen) atoms. The number of hydrogen-bond acceptors (Lipinski definition) is 1. The predicted octanol–water partition coefficient (Wildman–Crippen LogP) is 4.70. The Morgan fingerprint density at radius 2 is 1.94 bits per heavy atom. The van der Waals surface area contributed by atoms with Crippen LogP contribution in [0.5, 0.6) is 0 Å². The van der Waals surface area contributed by atoms with E-state index in [9.17, 15) is 0 Å². The molecule has 0 aliphatic heterocycles. The van der Waals surface area contributed by atoms with E-state index < -0.39 is 0 Å². The molecule has 1 aromatic heterocycles. The lowest BCUT2D eigenvalue weighted by Gasteiger charge is -2.24. The quantitative estimate of drug-likeness (QED) is 0.652. The topological polar surface area (TPSA) is 13.1 Å². The van der Waals surface area contributed by atoms with Gasteiger partial charge in [0.25, 0.3) is 0 Å². The van der Waals surface area contributed by atoms with Gasteiger partial charge in [0.1, 0.15) is 11.3 Å². The Morgan fingerprint density at radius 3 is 2.75 bits per heavy atom. The van der Waals surface area contributed by atoms with Gasteiger partial charge in [0.2, 0.25) is 0 Å². The van der Waals surface area contributed by atoms with Crippen LogP contribution >= 0.6 is 11.6 Å². The largest absolute Gasteiger partial charge is 0.461 e. The monoisotopic (exact) mass is 234 g/mol. The second-order valence-electron chi connectivity index (χ2n) is 4.59. The van der Waals surface area contributed by atoms with Crippen molar-refractivity contribution < 1.29 is 4.42 Å². The van der Waals surface area contributed by atoms with Gasteiger partial charge < -0.3 is 4.42 Å². The fraction of sp³-hybridized carbons (Fsp3) is 0.429. The summed E-state index contributed by atoms with van der Waals surface area (Å²) >= 11 is 6.38. The molecule has 0 radical (unpaired) electrons. The molecule has 1 saturated carbocycles. The van der Waals surface area contributed by atoms with Crippen molar-refractivity contribution in [1.29, 1.82) is 0 Å². The van der Waals surface area contributed by atoms with Crippen LogP contribution in [0.15, 0.2) is 34.7 Å². The lowest BCUT2D eigenvalue weighted by atomic mass is 9.87. The molecule has 0 N–H and O–H groups in total. The summed E-state index contributed by atoms with van der Waals surface area (Å²) in [6, 6.07) is 10.3. The molecule has 1 aliphatic rings. The Balaban J connectivity index is 1.98. The standard InChI is InChI=1S/C14H15ClO/c15-12-7-3-2-6-11(12)14-9-10-5-1-4-8-13(10)16-14/h1,4-5,8-9,11-12H,2-3,6-7H2. The van der Waals surface area contributed by atoms with Gasteiger partial charge in [-0.3, -0.25) is 0 Å². The molecule has 2 atom stereocenters. The number of halogens is 1. The van der Waals surface area contributed by atoms with Crippen LogP contribution in [0, 0.1) is 0 Å². The predicted molar refractivity (Wildman–Crippen MR) is 67.1 cm³/mol. The van der Waals surface area contributed by atoms with Crippen molar-refractivity contribution in [2.75, 3.05) is 0 Å². The first-order valence-corrected chi connectivity index (χ1v) is 6.41. The lowest BCUT2D eigenvalue weighted by Crippen LogP contribution is -2.16. The zero-order chi connectivity index (χ0) is 11.0. The van der Waals surface area contributed by atoms with E-state index in [-0.39, 0.29) is 5.38 Å². The summed E-state index contributed by atoms with van der Waals surface area (Å²) in [5.74, 6) is 1.48. The Morgan fingerprint density at radius 1 is 1.12 bits per heavy atom. The van der Waals surface area contributed by atoms with Crippen LogP contribution in [-0.4, -0.2) is 5.38 Å². The third-order valence-electron chi connectivity index (χ3n) is 3.49. The molecule has 3 rings (SSSR count). The highest BCUT2D eigenvalue weighted by Gasteiger charge is 2.27. The Kier molecular flexibility index (Phi) is 2.64. The van der Waals surface area contributed by atoms with Crippen LogP contribution in [0.2, 0.25) is 0 Å². The molecule has 1 heterocycles. The second kappa shape index (κ2) is 4.14. The van der Waals surface area contributed by atoms with Crippen molar-refractivity contribution in [1.82, 2.24) is 0 Å². The number of hydrogen-bond donors (Lipinski definition) is 0. The fourth-order valence-electron chi connectivity index (χ4n) is 2.59. The summed E-state index contributed by atoms with van der Waals surface area (Å²) in [4.78, 5) is 0. The number of benzene rings is 1. The zero-order valence-electron chi connectivity index (χ0n) is 9.16. The minimum absolute atomic E-state index is 0.245. The highest BCUT2D eigenvalue weighted by atomic mass is 35.5. The molecule has 2 heteroatoms. The molecule has 1 aromatic carbocycles. The molecular formula is C14H15ClO. The molecule has 2 unspecified atom stereocenters. The molecule has 84 valence electrons. The smallest absolute Gasteiger partial charge is 0.134 e. The van der Waals surface area contributed by atoms with Crippen LogP contribution < -0.4 is 0 Å². The molecule has 0 amide bonds. The highest BCUT2D eigenvalue weighted by Crippen LogP contribution is 2.38. The van der Waals surface area contributed by atoms with Gasteiger partial charge in [-0.2, -0.15) is 0 Å². The first kappa shape index (κ1) is 10.2. The van der Waals surface area contributed by atoms with Crippen LogP contribution in [0.1, 0.15) is 37.4 Å². The van der Waals surface area contributed by atoms with E-state index in [1.54, 1.807) is 0 Å². The SMILES string of the molecule is ClC1CCCCC1c1cc2ccccc2o1. The highest BCUT2D eigenvalue weighted by molar-refractivity contribution is 6.21. The van der Waals surface area contributed by atoms with Gasteiger partial charge in [0.05, 0.1) is 0 Å². The van der Waals surface area contributed by atoms with E-state index in [1.807, 2.05) is 18.2 Å². The van der Waals surface area contributed by atoms with E-state index in [0.717, 1.165) is 24.2 Å². The normalized spacial score (nSPS) is 26.1. The van der Waals surface area contributed by atoms with Crippen LogP contribution in [0.25, 0.3) is 11.0 Å². The number of alkyl halides is 1. The van der Waals surface area contributed by atoms with Crippen LogP contribution in [-0.2, 0) is 0 Å². The van der Waals surface area contributed by atoms with Crippen molar-refractivity contribution in [3.05, 3.63) is 36.1 Å². The van der Waals surface area contributed by atoms with E-state index in [0.29, 0.717) is 5.92 Å². The molecule has 0 bridgehead atoms. The van der Waals surface area contributed by atoms with Crippen molar-refractivity contribution in [2.45, 2.75) is 37.0 Å². The minimum Gasteiger partial charge on any atom is -0.461 e. The Bertz CT molecular complexity index is 455. The molecule has 0 saturated heterocycles.